The summed E-state index contributed by atoms with van der Waals surface area (Å²) in [5.74, 6) is -0.699. The Hall–Kier alpha value is -1.91. The molecule has 5 heteroatoms. The topological polar surface area (TPSA) is 40.6 Å². The molecule has 0 fully saturated rings. The van der Waals surface area contributed by atoms with Crippen molar-refractivity contribution < 1.29 is 14.0 Å². The molecule has 0 bridgehead atoms. The van der Waals surface area contributed by atoms with Gasteiger partial charge in [0.2, 0.25) is 5.91 Å². The summed E-state index contributed by atoms with van der Waals surface area (Å²) in [5, 5.41) is 0. The fraction of sp³-hybridized carbons (Fsp3) is 0.333. The van der Waals surface area contributed by atoms with Crippen molar-refractivity contribution in [2.45, 2.75) is 0 Å². The van der Waals surface area contributed by atoms with Gasteiger partial charge >= 0.3 is 0 Å². The summed E-state index contributed by atoms with van der Waals surface area (Å²) in [4.78, 5) is 25.3. The predicted octanol–water partition coefficient (Wildman–Crippen LogP) is 1.16. The van der Waals surface area contributed by atoms with Crippen LogP contribution in [0.5, 0.6) is 0 Å². The van der Waals surface area contributed by atoms with Crippen molar-refractivity contribution >= 4 is 17.9 Å². The maximum Gasteiger partial charge on any atom is 0.241 e. The number of nitrogens with zero attached hydrogens (tertiary/aromatic N) is 2. The van der Waals surface area contributed by atoms with Crippen molar-refractivity contribution in [3.63, 3.8) is 0 Å². The summed E-state index contributed by atoms with van der Waals surface area (Å²) in [7, 11) is 4.92. The second-order valence-corrected chi connectivity index (χ2v) is 3.93. The van der Waals surface area contributed by atoms with Crippen LogP contribution in [0.15, 0.2) is 18.2 Å². The lowest BCUT2D eigenvalue weighted by Crippen LogP contribution is -2.34. The minimum absolute atomic E-state index is 0.0263. The van der Waals surface area contributed by atoms with Crippen molar-refractivity contribution in [1.82, 2.24) is 4.90 Å². The van der Waals surface area contributed by atoms with Crippen LogP contribution in [0.4, 0.5) is 10.1 Å². The molecular formula is C12H15FN2O2. The Morgan fingerprint density at radius 1 is 1.35 bits per heavy atom. The van der Waals surface area contributed by atoms with Gasteiger partial charge in [-0.2, -0.15) is 0 Å². The van der Waals surface area contributed by atoms with Gasteiger partial charge in [0, 0.05) is 21.1 Å². The number of benzene rings is 1. The van der Waals surface area contributed by atoms with Crippen LogP contribution in [0.2, 0.25) is 0 Å². The summed E-state index contributed by atoms with van der Waals surface area (Å²) in [5.41, 5.74) is 0.386. The van der Waals surface area contributed by atoms with Crippen LogP contribution in [-0.4, -0.2) is 44.8 Å². The van der Waals surface area contributed by atoms with Crippen LogP contribution in [0.3, 0.4) is 0 Å². The molecule has 4 nitrogen and oxygen atoms in total. The second-order valence-electron chi connectivity index (χ2n) is 3.93. The predicted molar refractivity (Wildman–Crippen MR) is 63.8 cm³/mol. The molecule has 0 unspecified atom stereocenters. The first-order valence-electron chi connectivity index (χ1n) is 5.12. The van der Waals surface area contributed by atoms with Crippen LogP contribution in [0.25, 0.3) is 0 Å². The molecule has 0 saturated heterocycles. The monoisotopic (exact) mass is 238 g/mol. The third-order valence-corrected chi connectivity index (χ3v) is 2.43. The zero-order chi connectivity index (χ0) is 13.0. The molecule has 1 rings (SSSR count). The SMILES string of the molecule is CN(C)C(=O)CN(C)c1cccc(F)c1C=O. The molecule has 0 heterocycles. The number of hydrogen-bond donors (Lipinski definition) is 0. The van der Waals surface area contributed by atoms with E-state index < -0.39 is 5.82 Å². The van der Waals surface area contributed by atoms with Gasteiger partial charge in [-0.05, 0) is 12.1 Å². The Morgan fingerprint density at radius 3 is 2.53 bits per heavy atom. The Labute approximate surface area is 99.6 Å². The average molecular weight is 238 g/mol. The number of rotatable bonds is 4. The first-order valence-corrected chi connectivity index (χ1v) is 5.12. The van der Waals surface area contributed by atoms with Crippen molar-refractivity contribution in [2.24, 2.45) is 0 Å². The number of likely N-dealkylation sites (N-methyl/N-ethyl adjacent to an activating group) is 2. The first kappa shape index (κ1) is 13.2. The van der Waals surface area contributed by atoms with Crippen LogP contribution >= 0.6 is 0 Å². The van der Waals surface area contributed by atoms with E-state index in [9.17, 15) is 14.0 Å². The van der Waals surface area contributed by atoms with E-state index in [1.54, 1.807) is 32.1 Å². The molecule has 92 valence electrons. The molecule has 0 aliphatic carbocycles. The van der Waals surface area contributed by atoms with E-state index in [0.717, 1.165) is 0 Å². The molecular weight excluding hydrogens is 223 g/mol. The van der Waals surface area contributed by atoms with Gasteiger partial charge in [0.1, 0.15) is 5.82 Å². The maximum absolute atomic E-state index is 13.4. The minimum Gasteiger partial charge on any atom is -0.365 e. The van der Waals surface area contributed by atoms with Crippen LogP contribution < -0.4 is 4.90 Å². The highest BCUT2D eigenvalue weighted by molar-refractivity contribution is 5.87. The van der Waals surface area contributed by atoms with Gasteiger partial charge < -0.3 is 9.80 Å². The summed E-state index contributed by atoms with van der Waals surface area (Å²) in [6, 6.07) is 4.33. The van der Waals surface area contributed by atoms with E-state index >= 15 is 0 Å². The molecule has 1 aromatic carbocycles. The number of carbonyl (C=O) groups is 2. The molecule has 0 saturated carbocycles. The number of aldehydes is 1. The Morgan fingerprint density at radius 2 is 2.00 bits per heavy atom. The van der Waals surface area contributed by atoms with Gasteiger partial charge in [0.15, 0.2) is 6.29 Å². The molecule has 17 heavy (non-hydrogen) atoms. The molecule has 0 aliphatic rings. The average Bonchev–Trinajstić information content (AvgIpc) is 2.28. The number of halogens is 1. The van der Waals surface area contributed by atoms with E-state index in [1.165, 1.54) is 17.0 Å². The molecule has 0 N–H and O–H groups in total. The molecule has 1 amide bonds. The number of anilines is 1. The van der Waals surface area contributed by atoms with Gasteiger partial charge in [-0.1, -0.05) is 6.07 Å². The van der Waals surface area contributed by atoms with Crippen molar-refractivity contribution in [1.29, 1.82) is 0 Å². The Bertz CT molecular complexity index is 433. The lowest BCUT2D eigenvalue weighted by Gasteiger charge is -2.22. The molecule has 0 aromatic heterocycles. The number of hydrogen-bond acceptors (Lipinski definition) is 3. The highest BCUT2D eigenvalue weighted by Gasteiger charge is 2.14. The number of carbonyl (C=O) groups excluding carboxylic acids is 2. The largest absolute Gasteiger partial charge is 0.365 e. The fourth-order valence-corrected chi connectivity index (χ4v) is 1.40. The normalized spacial score (nSPS) is 9.88. The summed E-state index contributed by atoms with van der Waals surface area (Å²) < 4.78 is 13.4. The van der Waals surface area contributed by atoms with Crippen molar-refractivity contribution in [2.75, 3.05) is 32.6 Å². The van der Waals surface area contributed by atoms with Crippen LogP contribution in [0, 0.1) is 5.82 Å². The lowest BCUT2D eigenvalue weighted by molar-refractivity contribution is -0.127. The molecule has 0 atom stereocenters. The first-order chi connectivity index (χ1) is 7.97. The van der Waals surface area contributed by atoms with Crippen molar-refractivity contribution in [3.05, 3.63) is 29.6 Å². The summed E-state index contributed by atoms with van der Waals surface area (Å²) in [6.07, 6.45) is 0.460. The Kier molecular flexibility index (Phi) is 4.20. The third kappa shape index (κ3) is 3.03. The minimum atomic E-state index is -0.582. The van der Waals surface area contributed by atoms with Crippen LogP contribution in [0.1, 0.15) is 10.4 Å². The van der Waals surface area contributed by atoms with E-state index in [2.05, 4.69) is 0 Å². The van der Waals surface area contributed by atoms with Gasteiger partial charge in [-0.25, -0.2) is 4.39 Å². The quantitative estimate of drug-likeness (QED) is 0.739. The van der Waals surface area contributed by atoms with Gasteiger partial charge in [-0.3, -0.25) is 9.59 Å². The maximum atomic E-state index is 13.4. The van der Waals surface area contributed by atoms with Gasteiger partial charge in [0.05, 0.1) is 17.8 Å². The molecule has 0 radical (unpaired) electrons. The highest BCUT2D eigenvalue weighted by atomic mass is 19.1. The van der Waals surface area contributed by atoms with E-state index in [4.69, 9.17) is 0 Å². The van der Waals surface area contributed by atoms with Crippen molar-refractivity contribution in [3.8, 4) is 0 Å². The zero-order valence-electron chi connectivity index (χ0n) is 10.1. The van der Waals surface area contributed by atoms with Gasteiger partial charge in [0.25, 0.3) is 0 Å². The van der Waals surface area contributed by atoms with E-state index in [1.807, 2.05) is 0 Å². The molecule has 0 spiro atoms. The van der Waals surface area contributed by atoms with E-state index in [-0.39, 0.29) is 18.0 Å². The standard InChI is InChI=1S/C12H15FN2O2/c1-14(2)12(17)7-15(3)11-6-4-5-10(13)9(11)8-16/h4-6,8H,7H2,1-3H3. The second kappa shape index (κ2) is 5.43. The molecule has 0 aliphatic heterocycles. The molecule has 1 aromatic rings. The summed E-state index contributed by atoms with van der Waals surface area (Å²) in [6.45, 7) is 0.0945. The van der Waals surface area contributed by atoms with Gasteiger partial charge in [-0.15, -0.1) is 0 Å². The number of amides is 1. The summed E-state index contributed by atoms with van der Waals surface area (Å²) >= 11 is 0. The Balaban J connectivity index is 2.96. The fourth-order valence-electron chi connectivity index (χ4n) is 1.40. The lowest BCUT2D eigenvalue weighted by atomic mass is 10.1. The third-order valence-electron chi connectivity index (χ3n) is 2.43. The van der Waals surface area contributed by atoms with Crippen LogP contribution in [-0.2, 0) is 4.79 Å². The zero-order valence-corrected chi connectivity index (χ0v) is 10.1. The van der Waals surface area contributed by atoms with E-state index in [0.29, 0.717) is 12.0 Å². The highest BCUT2D eigenvalue weighted by Crippen LogP contribution is 2.20. The smallest absolute Gasteiger partial charge is 0.241 e.